The summed E-state index contributed by atoms with van der Waals surface area (Å²) in [6, 6.07) is 5.43. The average Bonchev–Trinajstić information content (AvgIpc) is 2.44. The van der Waals surface area contributed by atoms with Gasteiger partial charge in [0.15, 0.2) is 0 Å². The number of halogens is 2. The molecule has 0 aliphatic heterocycles. The lowest BCUT2D eigenvalue weighted by Crippen LogP contribution is -2.24. The van der Waals surface area contributed by atoms with Crippen molar-refractivity contribution in [1.29, 1.82) is 0 Å². The number of methoxy groups -OCH3 is 1. The predicted molar refractivity (Wildman–Crippen MR) is 69.5 cm³/mol. The van der Waals surface area contributed by atoms with Gasteiger partial charge in [0.2, 0.25) is 9.84 Å². The topological polar surface area (TPSA) is 63.7 Å². The van der Waals surface area contributed by atoms with E-state index in [0.29, 0.717) is 0 Å². The van der Waals surface area contributed by atoms with Crippen molar-refractivity contribution in [3.05, 3.63) is 24.3 Å². The fourth-order valence-corrected chi connectivity index (χ4v) is 2.57. The zero-order valence-electron chi connectivity index (χ0n) is 11.0. The van der Waals surface area contributed by atoms with Crippen molar-refractivity contribution >= 4 is 21.5 Å². The highest BCUT2D eigenvalue weighted by molar-refractivity contribution is 7.91. The Balaban J connectivity index is 3.05. The summed E-state index contributed by atoms with van der Waals surface area (Å²) >= 11 is 0. The molecule has 0 heterocycles. The maximum absolute atomic E-state index is 12.6. The Hall–Kier alpha value is -1.70. The van der Waals surface area contributed by atoms with Crippen LogP contribution in [0.2, 0.25) is 0 Å². The third kappa shape index (κ3) is 3.66. The van der Waals surface area contributed by atoms with Crippen molar-refractivity contribution in [2.24, 2.45) is 0 Å². The van der Waals surface area contributed by atoms with E-state index in [9.17, 15) is 22.0 Å². The third-order valence-electron chi connectivity index (χ3n) is 2.70. The summed E-state index contributed by atoms with van der Waals surface area (Å²) in [6.45, 7) is 0.155. The van der Waals surface area contributed by atoms with Gasteiger partial charge in [0.1, 0.15) is 0 Å². The smallest absolute Gasteiger partial charge is 0.341 e. The van der Waals surface area contributed by atoms with Crippen LogP contribution in [0.3, 0.4) is 0 Å². The van der Waals surface area contributed by atoms with Crippen molar-refractivity contribution in [3.8, 4) is 0 Å². The summed E-state index contributed by atoms with van der Waals surface area (Å²) in [4.78, 5) is 12.0. The van der Waals surface area contributed by atoms with E-state index in [4.69, 9.17) is 0 Å². The SMILES string of the molecule is COC(=O)CCN(C)c1ccccc1S(=O)(=O)C(F)F. The molecule has 0 spiro atoms. The molecule has 0 amide bonds. The lowest BCUT2D eigenvalue weighted by atomic mass is 10.3. The molecule has 112 valence electrons. The molecule has 0 unspecified atom stereocenters. The monoisotopic (exact) mass is 307 g/mol. The Morgan fingerprint density at radius 1 is 1.35 bits per heavy atom. The second kappa shape index (κ2) is 6.65. The van der Waals surface area contributed by atoms with Gasteiger partial charge in [0, 0.05) is 13.6 Å². The molecule has 5 nitrogen and oxygen atoms in total. The first-order valence-electron chi connectivity index (χ1n) is 5.69. The number of carbonyl (C=O) groups excluding carboxylic acids is 1. The molecule has 1 aromatic carbocycles. The second-order valence-electron chi connectivity index (χ2n) is 4.02. The molecule has 0 atom stereocenters. The van der Waals surface area contributed by atoms with E-state index in [0.717, 1.165) is 6.07 Å². The fourth-order valence-electron chi connectivity index (χ4n) is 1.59. The highest BCUT2D eigenvalue weighted by atomic mass is 32.2. The van der Waals surface area contributed by atoms with Crippen molar-refractivity contribution < 1.29 is 26.7 Å². The molecule has 8 heteroatoms. The molecule has 0 N–H and O–H groups in total. The summed E-state index contributed by atoms with van der Waals surface area (Å²) < 4.78 is 52.9. The highest BCUT2D eigenvalue weighted by Gasteiger charge is 2.29. The molecular formula is C12H15F2NO4S. The average molecular weight is 307 g/mol. The summed E-state index contributed by atoms with van der Waals surface area (Å²) in [7, 11) is -1.94. The number of anilines is 1. The molecule has 0 aliphatic rings. The van der Waals surface area contributed by atoms with Crippen LogP contribution in [0, 0.1) is 0 Å². The molecule has 20 heavy (non-hydrogen) atoms. The largest absolute Gasteiger partial charge is 0.469 e. The molecule has 0 radical (unpaired) electrons. The van der Waals surface area contributed by atoms with Crippen LogP contribution in [0.1, 0.15) is 6.42 Å². The van der Waals surface area contributed by atoms with Crippen LogP contribution in [0.5, 0.6) is 0 Å². The van der Waals surface area contributed by atoms with E-state index >= 15 is 0 Å². The van der Waals surface area contributed by atoms with E-state index < -0.39 is 26.5 Å². The van der Waals surface area contributed by atoms with Gasteiger partial charge in [-0.15, -0.1) is 0 Å². The Labute approximate surface area is 116 Å². The lowest BCUT2D eigenvalue weighted by Gasteiger charge is -2.21. The van der Waals surface area contributed by atoms with Crippen molar-refractivity contribution in [3.63, 3.8) is 0 Å². The minimum atomic E-state index is -4.69. The maximum Gasteiger partial charge on any atom is 0.341 e. The number of benzene rings is 1. The van der Waals surface area contributed by atoms with Crippen molar-refractivity contribution in [2.75, 3.05) is 25.6 Å². The Bertz CT molecular complexity index is 575. The van der Waals surface area contributed by atoms with Crippen LogP contribution in [0.15, 0.2) is 29.2 Å². The molecule has 1 aromatic rings. The van der Waals surface area contributed by atoms with Gasteiger partial charge < -0.3 is 9.64 Å². The maximum atomic E-state index is 12.6. The van der Waals surface area contributed by atoms with E-state index in [2.05, 4.69) is 4.74 Å². The van der Waals surface area contributed by atoms with E-state index in [1.165, 1.54) is 37.3 Å². The number of ether oxygens (including phenoxy) is 1. The Morgan fingerprint density at radius 3 is 2.50 bits per heavy atom. The molecule has 0 aliphatic carbocycles. The number of para-hydroxylation sites is 1. The third-order valence-corrected chi connectivity index (χ3v) is 4.12. The van der Waals surface area contributed by atoms with Crippen LogP contribution >= 0.6 is 0 Å². The van der Waals surface area contributed by atoms with Gasteiger partial charge in [-0.2, -0.15) is 8.78 Å². The number of esters is 1. The zero-order chi connectivity index (χ0) is 15.3. The van der Waals surface area contributed by atoms with Gasteiger partial charge >= 0.3 is 11.7 Å². The summed E-state index contributed by atoms with van der Waals surface area (Å²) in [5.74, 6) is -3.95. The van der Waals surface area contributed by atoms with Crippen LogP contribution < -0.4 is 4.90 Å². The van der Waals surface area contributed by atoms with E-state index in [-0.39, 0.29) is 18.7 Å². The predicted octanol–water partition coefficient (Wildman–Crippen LogP) is 1.68. The molecule has 0 saturated heterocycles. The van der Waals surface area contributed by atoms with Gasteiger partial charge in [-0.3, -0.25) is 4.79 Å². The molecule has 0 fully saturated rings. The minimum Gasteiger partial charge on any atom is -0.469 e. The van der Waals surface area contributed by atoms with E-state index in [1.807, 2.05) is 0 Å². The summed E-state index contributed by atoms with van der Waals surface area (Å²) in [5, 5.41) is 0. The van der Waals surface area contributed by atoms with E-state index in [1.54, 1.807) is 0 Å². The molecule has 0 bridgehead atoms. The lowest BCUT2D eigenvalue weighted by molar-refractivity contribution is -0.140. The van der Waals surface area contributed by atoms with Gasteiger partial charge in [0.05, 0.1) is 24.1 Å². The number of hydrogen-bond acceptors (Lipinski definition) is 5. The fraction of sp³-hybridized carbons (Fsp3) is 0.417. The summed E-state index contributed by atoms with van der Waals surface area (Å²) in [6.07, 6.45) is 0.0239. The van der Waals surface area contributed by atoms with Crippen LogP contribution in [-0.4, -0.2) is 40.8 Å². The Kier molecular flexibility index (Phi) is 5.43. The van der Waals surface area contributed by atoms with Gasteiger partial charge in [-0.25, -0.2) is 8.42 Å². The Morgan fingerprint density at radius 2 is 1.95 bits per heavy atom. The first-order valence-corrected chi connectivity index (χ1v) is 7.24. The number of carbonyl (C=O) groups is 1. The van der Waals surface area contributed by atoms with Gasteiger partial charge in [0.25, 0.3) is 0 Å². The van der Waals surface area contributed by atoms with Crippen LogP contribution in [0.25, 0.3) is 0 Å². The van der Waals surface area contributed by atoms with Crippen molar-refractivity contribution in [2.45, 2.75) is 17.1 Å². The number of rotatable bonds is 6. The first kappa shape index (κ1) is 16.4. The first-order chi connectivity index (χ1) is 9.30. The number of sulfone groups is 1. The zero-order valence-corrected chi connectivity index (χ0v) is 11.9. The highest BCUT2D eigenvalue weighted by Crippen LogP contribution is 2.28. The number of alkyl halides is 2. The van der Waals surface area contributed by atoms with Gasteiger partial charge in [-0.1, -0.05) is 12.1 Å². The quantitative estimate of drug-likeness (QED) is 0.748. The minimum absolute atomic E-state index is 0.0239. The van der Waals surface area contributed by atoms with Crippen LogP contribution in [-0.2, 0) is 19.4 Å². The normalized spacial score (nSPS) is 11.4. The molecule has 0 aromatic heterocycles. The summed E-state index contributed by atoms with van der Waals surface area (Å²) in [5.41, 5.74) is 0.122. The number of nitrogens with zero attached hydrogens (tertiary/aromatic N) is 1. The number of hydrogen-bond donors (Lipinski definition) is 0. The molecular weight excluding hydrogens is 292 g/mol. The molecule has 1 rings (SSSR count). The molecule has 0 saturated carbocycles. The van der Waals surface area contributed by atoms with Crippen molar-refractivity contribution in [1.82, 2.24) is 0 Å². The van der Waals surface area contributed by atoms with Gasteiger partial charge in [-0.05, 0) is 12.1 Å². The second-order valence-corrected chi connectivity index (χ2v) is 5.91. The standard InChI is InChI=1S/C12H15F2NO4S/c1-15(8-7-11(16)19-2)9-5-3-4-6-10(9)20(17,18)12(13)14/h3-6,12H,7-8H2,1-2H3. The van der Waals surface area contributed by atoms with Crippen LogP contribution in [0.4, 0.5) is 14.5 Å².